The number of methoxy groups -OCH3 is 2. The molecule has 0 heterocycles. The molecule has 146 valence electrons. The van der Waals surface area contributed by atoms with Gasteiger partial charge in [-0.3, -0.25) is 9.79 Å². The molecule has 7 nitrogen and oxygen atoms in total. The molecule has 0 saturated heterocycles. The Morgan fingerprint density at radius 2 is 2.00 bits per heavy atom. The third kappa shape index (κ3) is 8.11. The first-order valence-corrected chi connectivity index (χ1v) is 8.66. The molecule has 1 amide bonds. The van der Waals surface area contributed by atoms with E-state index in [4.69, 9.17) is 15.2 Å². The van der Waals surface area contributed by atoms with Crippen LogP contribution >= 0.6 is 24.0 Å². The summed E-state index contributed by atoms with van der Waals surface area (Å²) in [6.45, 7) is 1.22. The van der Waals surface area contributed by atoms with E-state index in [2.05, 4.69) is 15.6 Å². The second kappa shape index (κ2) is 11.8. The molecule has 0 bridgehead atoms. The minimum Gasteiger partial charge on any atom is -0.493 e. The van der Waals surface area contributed by atoms with Gasteiger partial charge in [0.15, 0.2) is 17.5 Å². The fourth-order valence-corrected chi connectivity index (χ4v) is 2.39. The number of nitrogens with zero attached hydrogens (tertiary/aromatic N) is 1. The number of hydrogen-bond acceptors (Lipinski definition) is 4. The molecule has 0 atom stereocenters. The van der Waals surface area contributed by atoms with E-state index in [0.717, 1.165) is 24.8 Å². The molecule has 0 spiro atoms. The highest BCUT2D eigenvalue weighted by atomic mass is 127. The van der Waals surface area contributed by atoms with Crippen molar-refractivity contribution in [1.29, 1.82) is 0 Å². The summed E-state index contributed by atoms with van der Waals surface area (Å²) in [5, 5.41) is 6.04. The fourth-order valence-electron chi connectivity index (χ4n) is 2.39. The number of benzene rings is 1. The monoisotopic (exact) mass is 476 g/mol. The molecule has 26 heavy (non-hydrogen) atoms. The Kier molecular flexibility index (Phi) is 10.2. The summed E-state index contributed by atoms with van der Waals surface area (Å²) in [5.74, 6) is 1.94. The highest BCUT2D eigenvalue weighted by Crippen LogP contribution is 2.27. The third-order valence-corrected chi connectivity index (χ3v) is 3.95. The second-order valence-electron chi connectivity index (χ2n) is 6.08. The average molecular weight is 476 g/mol. The van der Waals surface area contributed by atoms with E-state index in [1.54, 1.807) is 14.2 Å². The van der Waals surface area contributed by atoms with Gasteiger partial charge in [0.1, 0.15) is 0 Å². The quantitative estimate of drug-likeness (QED) is 0.207. The Balaban J connectivity index is 0.00000338. The largest absolute Gasteiger partial charge is 0.493 e. The van der Waals surface area contributed by atoms with E-state index < -0.39 is 0 Å². The maximum Gasteiger partial charge on any atom is 0.220 e. The molecule has 1 aromatic rings. The van der Waals surface area contributed by atoms with Crippen molar-refractivity contribution < 1.29 is 14.3 Å². The van der Waals surface area contributed by atoms with Gasteiger partial charge >= 0.3 is 0 Å². The Labute approximate surface area is 172 Å². The van der Waals surface area contributed by atoms with Gasteiger partial charge in [0, 0.05) is 25.6 Å². The van der Waals surface area contributed by atoms with Crippen molar-refractivity contribution in [2.75, 3.05) is 27.3 Å². The summed E-state index contributed by atoms with van der Waals surface area (Å²) in [6.07, 6.45) is 4.22. The summed E-state index contributed by atoms with van der Waals surface area (Å²) in [7, 11) is 3.24. The molecule has 1 aliphatic carbocycles. The molecule has 0 radical (unpaired) electrons. The van der Waals surface area contributed by atoms with Crippen LogP contribution in [-0.2, 0) is 11.2 Å². The van der Waals surface area contributed by atoms with Crippen LogP contribution in [0.4, 0.5) is 0 Å². The lowest BCUT2D eigenvalue weighted by molar-refractivity contribution is -0.121. The van der Waals surface area contributed by atoms with Gasteiger partial charge in [0.05, 0.1) is 14.2 Å². The first kappa shape index (κ1) is 22.3. The molecule has 2 rings (SSSR count). The maximum absolute atomic E-state index is 11.5. The predicted octanol–water partition coefficient (Wildman–Crippen LogP) is 1.83. The molecule has 1 aromatic carbocycles. The fraction of sp³-hybridized carbons (Fsp3) is 0.556. The summed E-state index contributed by atoms with van der Waals surface area (Å²) < 4.78 is 10.5. The molecule has 1 fully saturated rings. The third-order valence-electron chi connectivity index (χ3n) is 3.95. The molecular formula is C18H29IN4O3. The molecule has 1 saturated carbocycles. The van der Waals surface area contributed by atoms with Crippen LogP contribution in [-0.4, -0.2) is 45.2 Å². The number of nitrogens with one attached hydrogen (secondary N) is 2. The molecule has 0 aromatic heterocycles. The van der Waals surface area contributed by atoms with Gasteiger partial charge < -0.3 is 25.8 Å². The van der Waals surface area contributed by atoms with Crippen molar-refractivity contribution in [3.8, 4) is 11.5 Å². The minimum absolute atomic E-state index is 0. The standard InChI is InChI=1S/C18H28N4O3.HI/c1-24-15-8-5-13(12-16(15)25-2)9-11-21-18(19)20-10-3-4-17(23)22-14-6-7-14;/h5,8,12,14H,3-4,6-7,9-11H2,1-2H3,(H,22,23)(H3,19,20,21);1H. The zero-order valence-electron chi connectivity index (χ0n) is 15.4. The lowest BCUT2D eigenvalue weighted by Gasteiger charge is -2.10. The lowest BCUT2D eigenvalue weighted by Crippen LogP contribution is -2.33. The van der Waals surface area contributed by atoms with Crippen LogP contribution in [0.15, 0.2) is 23.2 Å². The number of carbonyl (C=O) groups excluding carboxylic acids is 1. The smallest absolute Gasteiger partial charge is 0.220 e. The molecular weight excluding hydrogens is 447 g/mol. The molecule has 4 N–H and O–H groups in total. The van der Waals surface area contributed by atoms with Gasteiger partial charge in [-0.25, -0.2) is 0 Å². The van der Waals surface area contributed by atoms with E-state index >= 15 is 0 Å². The SMILES string of the molecule is COc1ccc(CCNC(N)=NCCCC(=O)NC2CC2)cc1OC.I. The summed E-state index contributed by atoms with van der Waals surface area (Å²) >= 11 is 0. The highest BCUT2D eigenvalue weighted by Gasteiger charge is 2.22. The maximum atomic E-state index is 11.5. The van der Waals surface area contributed by atoms with E-state index in [0.29, 0.717) is 49.4 Å². The number of ether oxygens (including phenoxy) is 2. The van der Waals surface area contributed by atoms with E-state index in [-0.39, 0.29) is 29.9 Å². The average Bonchev–Trinajstić information content (AvgIpc) is 3.42. The normalized spacial score (nSPS) is 13.5. The molecule has 1 aliphatic rings. The highest BCUT2D eigenvalue weighted by molar-refractivity contribution is 14.0. The Morgan fingerprint density at radius 1 is 1.27 bits per heavy atom. The van der Waals surface area contributed by atoms with Crippen LogP contribution in [0.1, 0.15) is 31.2 Å². The Hall–Kier alpha value is -1.71. The van der Waals surface area contributed by atoms with Crippen molar-refractivity contribution in [1.82, 2.24) is 10.6 Å². The van der Waals surface area contributed by atoms with Crippen LogP contribution in [0.3, 0.4) is 0 Å². The Bertz CT molecular complexity index is 606. The van der Waals surface area contributed by atoms with Crippen molar-refractivity contribution in [2.24, 2.45) is 10.7 Å². The van der Waals surface area contributed by atoms with Crippen LogP contribution in [0.25, 0.3) is 0 Å². The first-order valence-electron chi connectivity index (χ1n) is 8.66. The topological polar surface area (TPSA) is 98.0 Å². The number of amides is 1. The molecule has 0 aliphatic heterocycles. The summed E-state index contributed by atoms with van der Waals surface area (Å²) in [6, 6.07) is 6.25. The van der Waals surface area contributed by atoms with E-state index in [9.17, 15) is 4.79 Å². The van der Waals surface area contributed by atoms with Crippen LogP contribution in [0.2, 0.25) is 0 Å². The van der Waals surface area contributed by atoms with Gasteiger partial charge in [-0.2, -0.15) is 0 Å². The minimum atomic E-state index is 0. The lowest BCUT2D eigenvalue weighted by atomic mass is 10.1. The van der Waals surface area contributed by atoms with E-state index in [1.165, 1.54) is 0 Å². The number of guanidine groups is 1. The zero-order valence-corrected chi connectivity index (χ0v) is 17.7. The van der Waals surface area contributed by atoms with Gasteiger partial charge in [-0.1, -0.05) is 6.07 Å². The van der Waals surface area contributed by atoms with Crippen LogP contribution in [0.5, 0.6) is 11.5 Å². The number of rotatable bonds is 10. The number of carbonyl (C=O) groups is 1. The van der Waals surface area contributed by atoms with Crippen molar-refractivity contribution in [3.63, 3.8) is 0 Å². The van der Waals surface area contributed by atoms with Gasteiger partial charge in [0.2, 0.25) is 5.91 Å². The van der Waals surface area contributed by atoms with Crippen LogP contribution in [0, 0.1) is 0 Å². The van der Waals surface area contributed by atoms with Gasteiger partial charge in [-0.15, -0.1) is 24.0 Å². The summed E-state index contributed by atoms with van der Waals surface area (Å²) in [4.78, 5) is 15.8. The van der Waals surface area contributed by atoms with E-state index in [1.807, 2.05) is 18.2 Å². The van der Waals surface area contributed by atoms with Gasteiger partial charge in [-0.05, 0) is 43.4 Å². The Morgan fingerprint density at radius 3 is 2.65 bits per heavy atom. The van der Waals surface area contributed by atoms with Crippen molar-refractivity contribution >= 4 is 35.8 Å². The first-order chi connectivity index (χ1) is 12.1. The molecule has 8 heteroatoms. The summed E-state index contributed by atoms with van der Waals surface area (Å²) in [5.41, 5.74) is 6.96. The van der Waals surface area contributed by atoms with Gasteiger partial charge in [0.25, 0.3) is 0 Å². The number of nitrogens with two attached hydrogens (primary N) is 1. The number of halogens is 1. The number of aliphatic imine (C=N–C) groups is 1. The van der Waals surface area contributed by atoms with Crippen LogP contribution < -0.4 is 25.8 Å². The second-order valence-corrected chi connectivity index (χ2v) is 6.08. The molecule has 0 unspecified atom stereocenters. The van der Waals surface area contributed by atoms with Crippen molar-refractivity contribution in [2.45, 2.75) is 38.1 Å². The van der Waals surface area contributed by atoms with Crippen molar-refractivity contribution in [3.05, 3.63) is 23.8 Å². The predicted molar refractivity (Wildman–Crippen MR) is 114 cm³/mol. The number of hydrogen-bond donors (Lipinski definition) is 3. The zero-order chi connectivity index (χ0) is 18.1.